The maximum atomic E-state index is 5.43. The summed E-state index contributed by atoms with van der Waals surface area (Å²) in [5, 5.41) is 7.17. The van der Waals surface area contributed by atoms with Crippen LogP contribution in [-0.4, -0.2) is 56.7 Å². The summed E-state index contributed by atoms with van der Waals surface area (Å²) >= 11 is 0. The van der Waals surface area contributed by atoms with Gasteiger partial charge in [-0.1, -0.05) is 24.3 Å². The van der Waals surface area contributed by atoms with Gasteiger partial charge in [0.2, 0.25) is 0 Å². The zero-order chi connectivity index (χ0) is 21.9. The van der Waals surface area contributed by atoms with E-state index in [1.54, 1.807) is 13.4 Å². The molecule has 3 rings (SSSR count). The zero-order valence-electron chi connectivity index (χ0n) is 18.9. The molecular formula is C25H36N4O2. The summed E-state index contributed by atoms with van der Waals surface area (Å²) in [6.45, 7) is 10.8. The lowest BCUT2D eigenvalue weighted by Gasteiger charge is -2.33. The summed E-state index contributed by atoms with van der Waals surface area (Å²) in [5.74, 6) is 2.74. The summed E-state index contributed by atoms with van der Waals surface area (Å²) < 4.78 is 10.7. The number of nitrogens with zero attached hydrogens (tertiary/aromatic N) is 2. The number of furan rings is 1. The molecule has 0 spiro atoms. The minimum atomic E-state index is 0.442. The van der Waals surface area contributed by atoms with E-state index >= 15 is 0 Å². The van der Waals surface area contributed by atoms with Gasteiger partial charge in [0.1, 0.15) is 11.5 Å². The minimum Gasteiger partial charge on any atom is -0.497 e. The van der Waals surface area contributed by atoms with Gasteiger partial charge in [0.25, 0.3) is 0 Å². The molecule has 168 valence electrons. The Morgan fingerprint density at radius 1 is 1.19 bits per heavy atom. The molecule has 0 radical (unpaired) electrons. The number of aliphatic imine (C=N–C) groups is 1. The van der Waals surface area contributed by atoms with Crippen LogP contribution in [0, 0.1) is 0 Å². The number of likely N-dealkylation sites (tertiary alicyclic amines) is 1. The molecule has 6 heteroatoms. The van der Waals surface area contributed by atoms with Crippen LogP contribution in [0.2, 0.25) is 0 Å². The number of hydrogen-bond donors (Lipinski definition) is 2. The van der Waals surface area contributed by atoms with Gasteiger partial charge in [-0.3, -0.25) is 9.89 Å². The van der Waals surface area contributed by atoms with Gasteiger partial charge >= 0.3 is 0 Å². The van der Waals surface area contributed by atoms with Gasteiger partial charge in [0.05, 0.1) is 13.4 Å². The number of benzene rings is 1. The van der Waals surface area contributed by atoms with Crippen molar-refractivity contribution in [3.63, 3.8) is 0 Å². The van der Waals surface area contributed by atoms with Crippen LogP contribution >= 0.6 is 0 Å². The molecule has 0 amide bonds. The van der Waals surface area contributed by atoms with E-state index in [0.29, 0.717) is 12.6 Å². The molecule has 1 aromatic carbocycles. The Morgan fingerprint density at radius 2 is 1.97 bits per heavy atom. The third-order valence-electron chi connectivity index (χ3n) is 5.50. The molecule has 31 heavy (non-hydrogen) atoms. The largest absolute Gasteiger partial charge is 0.497 e. The zero-order valence-corrected chi connectivity index (χ0v) is 18.9. The Balaban J connectivity index is 1.50. The number of piperidine rings is 1. The van der Waals surface area contributed by atoms with Crippen molar-refractivity contribution in [2.45, 2.75) is 38.6 Å². The monoisotopic (exact) mass is 424 g/mol. The van der Waals surface area contributed by atoms with Crippen LogP contribution in [-0.2, 0) is 12.8 Å². The molecule has 1 aliphatic rings. The molecule has 2 N–H and O–H groups in total. The molecule has 0 unspecified atom stereocenters. The van der Waals surface area contributed by atoms with E-state index in [1.807, 2.05) is 24.3 Å². The fourth-order valence-corrected chi connectivity index (χ4v) is 3.81. The summed E-state index contributed by atoms with van der Waals surface area (Å²) in [6.07, 6.45) is 5.68. The third-order valence-corrected chi connectivity index (χ3v) is 5.50. The van der Waals surface area contributed by atoms with Crippen LogP contribution in [0.5, 0.6) is 5.75 Å². The van der Waals surface area contributed by atoms with Gasteiger partial charge in [-0.15, -0.1) is 0 Å². The van der Waals surface area contributed by atoms with Crippen LogP contribution in [0.4, 0.5) is 0 Å². The Hall–Kier alpha value is -2.73. The van der Waals surface area contributed by atoms with Crippen molar-refractivity contribution in [3.05, 3.63) is 66.1 Å². The van der Waals surface area contributed by atoms with Crippen molar-refractivity contribution in [2.75, 3.05) is 39.8 Å². The predicted octanol–water partition coefficient (Wildman–Crippen LogP) is 3.65. The highest BCUT2D eigenvalue weighted by Gasteiger charge is 2.19. The maximum absolute atomic E-state index is 5.43. The lowest BCUT2D eigenvalue weighted by atomic mass is 10.0. The highest BCUT2D eigenvalue weighted by atomic mass is 16.5. The summed E-state index contributed by atoms with van der Waals surface area (Å²) in [6, 6.07) is 12.6. The molecule has 0 saturated carbocycles. The quantitative estimate of drug-likeness (QED) is 0.346. The van der Waals surface area contributed by atoms with E-state index in [1.165, 1.54) is 11.1 Å². The predicted molar refractivity (Wildman–Crippen MR) is 127 cm³/mol. The molecule has 0 bridgehead atoms. The fourth-order valence-electron chi connectivity index (χ4n) is 3.81. The molecule has 0 atom stereocenters. The van der Waals surface area contributed by atoms with Gasteiger partial charge in [0.15, 0.2) is 5.96 Å². The van der Waals surface area contributed by atoms with Crippen LogP contribution in [0.15, 0.2) is 64.2 Å². The van der Waals surface area contributed by atoms with E-state index < -0.39 is 0 Å². The first kappa shape index (κ1) is 22.9. The second-order valence-corrected chi connectivity index (χ2v) is 8.24. The highest BCUT2D eigenvalue weighted by Crippen LogP contribution is 2.12. The molecular weight excluding hydrogens is 388 g/mol. The van der Waals surface area contributed by atoms with E-state index in [0.717, 1.165) is 69.3 Å². The number of hydrogen-bond acceptors (Lipinski definition) is 4. The lowest BCUT2D eigenvalue weighted by molar-refractivity contribution is 0.221. The Kier molecular flexibility index (Phi) is 9.03. The van der Waals surface area contributed by atoms with Crippen molar-refractivity contribution in [3.8, 4) is 5.75 Å². The first-order chi connectivity index (χ1) is 15.1. The Labute approximate surface area is 186 Å². The van der Waals surface area contributed by atoms with Crippen molar-refractivity contribution in [1.29, 1.82) is 0 Å². The lowest BCUT2D eigenvalue weighted by Crippen LogP contribution is -2.49. The van der Waals surface area contributed by atoms with Crippen LogP contribution in [0.3, 0.4) is 0 Å². The number of ether oxygens (including phenoxy) is 1. The molecule has 2 heterocycles. The number of methoxy groups -OCH3 is 1. The normalized spacial score (nSPS) is 15.6. The SMILES string of the molecule is C=C(C)CN1CCC(NC(=NCCc2ccco2)NCCc2ccc(OC)cc2)CC1. The van der Waals surface area contributed by atoms with Crippen molar-refractivity contribution >= 4 is 5.96 Å². The average Bonchev–Trinajstić information content (AvgIpc) is 3.28. The molecule has 2 aromatic rings. The van der Waals surface area contributed by atoms with Gasteiger partial charge in [-0.05, 0) is 56.0 Å². The number of rotatable bonds is 10. The topological polar surface area (TPSA) is 62.0 Å². The second kappa shape index (κ2) is 12.2. The molecule has 6 nitrogen and oxygen atoms in total. The van der Waals surface area contributed by atoms with Gasteiger partial charge in [0, 0.05) is 45.2 Å². The molecule has 1 fully saturated rings. The third kappa shape index (κ3) is 8.13. The standard InChI is InChI=1S/C25H36N4O2/c1-20(2)19-29-16-12-22(13-17-29)28-25(27-15-11-24-5-4-18-31-24)26-14-10-21-6-8-23(30-3)9-7-21/h4-9,18,22H,1,10-17,19H2,2-3H3,(H2,26,27,28). The van der Waals surface area contributed by atoms with Crippen molar-refractivity contribution in [1.82, 2.24) is 15.5 Å². The number of guanidine groups is 1. The Morgan fingerprint density at radius 3 is 2.61 bits per heavy atom. The Bertz CT molecular complexity index is 807. The van der Waals surface area contributed by atoms with Crippen molar-refractivity contribution < 1.29 is 9.15 Å². The van der Waals surface area contributed by atoms with Gasteiger partial charge < -0.3 is 19.8 Å². The summed E-state index contributed by atoms with van der Waals surface area (Å²) in [7, 11) is 1.69. The van der Waals surface area contributed by atoms with E-state index in [9.17, 15) is 0 Å². The van der Waals surface area contributed by atoms with Crippen LogP contribution in [0.1, 0.15) is 31.1 Å². The highest BCUT2D eigenvalue weighted by molar-refractivity contribution is 5.80. The second-order valence-electron chi connectivity index (χ2n) is 8.24. The van der Waals surface area contributed by atoms with E-state index in [-0.39, 0.29) is 0 Å². The van der Waals surface area contributed by atoms with Crippen LogP contribution in [0.25, 0.3) is 0 Å². The average molecular weight is 425 g/mol. The van der Waals surface area contributed by atoms with E-state index in [4.69, 9.17) is 14.1 Å². The van der Waals surface area contributed by atoms with Gasteiger partial charge in [-0.2, -0.15) is 0 Å². The molecule has 1 aromatic heterocycles. The fraction of sp³-hybridized carbons (Fsp3) is 0.480. The van der Waals surface area contributed by atoms with Crippen LogP contribution < -0.4 is 15.4 Å². The minimum absolute atomic E-state index is 0.442. The first-order valence-electron chi connectivity index (χ1n) is 11.2. The smallest absolute Gasteiger partial charge is 0.191 e. The molecule has 1 saturated heterocycles. The van der Waals surface area contributed by atoms with Crippen molar-refractivity contribution in [2.24, 2.45) is 4.99 Å². The maximum Gasteiger partial charge on any atom is 0.191 e. The summed E-state index contributed by atoms with van der Waals surface area (Å²) in [5.41, 5.74) is 2.50. The first-order valence-corrected chi connectivity index (χ1v) is 11.2. The molecule has 1 aliphatic heterocycles. The summed E-state index contributed by atoms with van der Waals surface area (Å²) in [4.78, 5) is 7.28. The van der Waals surface area contributed by atoms with Gasteiger partial charge in [-0.25, -0.2) is 0 Å². The van der Waals surface area contributed by atoms with E-state index in [2.05, 4.69) is 41.2 Å². The molecule has 0 aliphatic carbocycles. The number of nitrogens with one attached hydrogen (secondary N) is 2.